The molecule has 0 atom stereocenters. The third-order valence-electron chi connectivity index (χ3n) is 7.29. The number of alkyl halides is 9. The number of aliphatic hydroxyl groups is 1. The fourth-order valence-electron chi connectivity index (χ4n) is 4.43. The van der Waals surface area contributed by atoms with E-state index in [-0.39, 0.29) is 41.1 Å². The number of carbonyl (C=O) groups is 2. The second kappa shape index (κ2) is 26.4. The van der Waals surface area contributed by atoms with Gasteiger partial charge in [0.2, 0.25) is 0 Å². The van der Waals surface area contributed by atoms with Crippen LogP contribution in [0.2, 0.25) is 0 Å². The van der Waals surface area contributed by atoms with Gasteiger partial charge < -0.3 is 38.8 Å². The average molecular weight is 1090 g/mol. The smallest absolute Gasteiger partial charge is 0.461 e. The molecule has 6 aromatic rings. The molecule has 3 N–H and O–H groups in total. The van der Waals surface area contributed by atoms with Crippen LogP contribution in [0.15, 0.2) is 92.9 Å². The number of nitrogens with zero attached hydrogens (tertiary/aromatic N) is 3. The Kier molecular flexibility index (Phi) is 22.2. The van der Waals surface area contributed by atoms with Crippen LogP contribution in [0.3, 0.4) is 0 Å². The lowest BCUT2D eigenvalue weighted by Gasteiger charge is -2.08. The van der Waals surface area contributed by atoms with Gasteiger partial charge in [-0.1, -0.05) is 39.8 Å². The molecule has 0 saturated heterocycles. The Morgan fingerprint density at radius 2 is 0.956 bits per heavy atom. The van der Waals surface area contributed by atoms with Crippen molar-refractivity contribution < 1.29 is 87.9 Å². The molecule has 3 aromatic heterocycles. The molecule has 6 rings (SSSR count). The van der Waals surface area contributed by atoms with Crippen LogP contribution < -0.4 is 19.7 Å². The molecule has 27 heteroatoms. The van der Waals surface area contributed by atoms with E-state index in [1.807, 2.05) is 27.7 Å². The summed E-state index contributed by atoms with van der Waals surface area (Å²) in [6.45, 7) is 8.40. The number of ether oxygens (including phenoxy) is 5. The number of benzene rings is 3. The van der Waals surface area contributed by atoms with Crippen molar-refractivity contribution in [3.8, 4) is 38.4 Å². The number of halogens is 10. The summed E-state index contributed by atoms with van der Waals surface area (Å²) in [6.07, 6.45) is -14.2. The zero-order valence-corrected chi connectivity index (χ0v) is 39.6. The molecule has 0 unspecified atom stereocenters. The van der Waals surface area contributed by atoms with Crippen LogP contribution in [0, 0.1) is 11.8 Å². The first kappa shape index (κ1) is 57.0. The first-order chi connectivity index (χ1) is 31.7. The van der Waals surface area contributed by atoms with Gasteiger partial charge in [0.1, 0.15) is 27.3 Å². The molecule has 3 aromatic carbocycles. The van der Waals surface area contributed by atoms with E-state index in [1.54, 1.807) is 16.1 Å². The fraction of sp³-hybridized carbons (Fsp3) is 0.293. The standard InChI is InChI=1S/C15H14F3NO3S.C11H8F3NO2S.C8H10BrNO2S.C7H6BF3O3/c1-9(2)7-21-14(20)12-8-23-13(19-12)10-3-5-11(6-4-10)22-15(16,17)18;12-11(13,14)17-9-3-1-7(2-4-9)10-15-8(5-16)6-18-10;1-5(2)3-12-7(11)6-4-13-8(9)10-6;9-7(10,11)14-6-3-1-5(2-4-6)8(12)13/h3-6,8-9H,7H2,1-2H3;1-4,6,16H,5H2;4-5H,3H2,1-2H3;1-4,12-13H. The van der Waals surface area contributed by atoms with Crippen LogP contribution >= 0.6 is 49.9 Å². The maximum absolute atomic E-state index is 12.1. The summed E-state index contributed by atoms with van der Waals surface area (Å²) in [5.41, 5.74) is 2.45. The van der Waals surface area contributed by atoms with Gasteiger partial charge in [0.15, 0.2) is 15.3 Å². The Hall–Kier alpha value is -5.32. The quantitative estimate of drug-likeness (QED) is 0.0566. The predicted octanol–water partition coefficient (Wildman–Crippen LogP) is 10.7. The van der Waals surface area contributed by atoms with Crippen molar-refractivity contribution in [1.29, 1.82) is 0 Å². The second-order valence-corrected chi connectivity index (χ2v) is 17.8. The molecule has 0 saturated carbocycles. The summed E-state index contributed by atoms with van der Waals surface area (Å²) < 4.78 is 129. The van der Waals surface area contributed by atoms with E-state index in [0.717, 1.165) is 24.3 Å². The number of hydrogen-bond donors (Lipinski definition) is 3. The van der Waals surface area contributed by atoms with Gasteiger partial charge in [-0.25, -0.2) is 24.5 Å². The van der Waals surface area contributed by atoms with Crippen molar-refractivity contribution in [2.24, 2.45) is 11.8 Å². The van der Waals surface area contributed by atoms with Gasteiger partial charge in [0, 0.05) is 27.3 Å². The highest BCUT2D eigenvalue weighted by atomic mass is 79.9. The maximum atomic E-state index is 12.1. The maximum Gasteiger partial charge on any atom is 0.573 e. The molecule has 13 nitrogen and oxygen atoms in total. The second-order valence-electron chi connectivity index (χ2n) is 13.9. The molecule has 368 valence electrons. The average Bonchev–Trinajstić information content (AvgIpc) is 4.04. The molecular formula is C41H38BBrF9N3O10S3. The lowest BCUT2D eigenvalue weighted by Crippen LogP contribution is -2.29. The van der Waals surface area contributed by atoms with Gasteiger partial charge in [0.25, 0.3) is 0 Å². The molecule has 0 bridgehead atoms. The molecule has 0 radical (unpaired) electrons. The van der Waals surface area contributed by atoms with E-state index in [1.165, 1.54) is 82.5 Å². The van der Waals surface area contributed by atoms with Crippen LogP contribution in [-0.2, 0) is 16.1 Å². The Labute approximate surface area is 402 Å². The largest absolute Gasteiger partial charge is 0.573 e. The van der Waals surface area contributed by atoms with E-state index in [2.05, 4.69) is 45.1 Å². The molecule has 0 spiro atoms. The molecule has 0 aliphatic rings. The van der Waals surface area contributed by atoms with E-state index in [0.29, 0.717) is 55.6 Å². The van der Waals surface area contributed by atoms with Crippen LogP contribution in [0.5, 0.6) is 17.2 Å². The molecule has 68 heavy (non-hydrogen) atoms. The third kappa shape index (κ3) is 22.2. The Balaban J connectivity index is 0.000000247. The summed E-state index contributed by atoms with van der Waals surface area (Å²) in [5, 5.41) is 32.2. The lowest BCUT2D eigenvalue weighted by molar-refractivity contribution is -0.275. The topological polar surface area (TPSA) is 180 Å². The van der Waals surface area contributed by atoms with E-state index >= 15 is 0 Å². The van der Waals surface area contributed by atoms with Crippen molar-refractivity contribution in [2.75, 3.05) is 13.2 Å². The highest BCUT2D eigenvalue weighted by Crippen LogP contribution is 2.30. The predicted molar refractivity (Wildman–Crippen MR) is 237 cm³/mol. The van der Waals surface area contributed by atoms with Crippen LogP contribution in [0.4, 0.5) is 39.5 Å². The number of aromatic nitrogens is 3. The molecule has 3 heterocycles. The molecule has 0 aliphatic heterocycles. The molecule has 0 amide bonds. The molecular weight excluding hydrogens is 1050 g/mol. The number of hydrogen-bond acceptors (Lipinski definition) is 16. The minimum absolute atomic E-state index is 0.0968. The monoisotopic (exact) mass is 1090 g/mol. The van der Waals surface area contributed by atoms with Gasteiger partial charge in [0.05, 0.1) is 25.5 Å². The Bertz CT molecular complexity index is 2450. The van der Waals surface area contributed by atoms with E-state index < -0.39 is 37.9 Å². The van der Waals surface area contributed by atoms with Crippen LogP contribution in [0.25, 0.3) is 21.1 Å². The number of aliphatic hydroxyl groups excluding tert-OH is 1. The summed E-state index contributed by atoms with van der Waals surface area (Å²) in [5.74, 6) is -1.28. The number of rotatable bonds is 13. The zero-order chi connectivity index (χ0) is 50.8. The van der Waals surface area contributed by atoms with Gasteiger partial charge in [-0.15, -0.1) is 73.5 Å². The molecule has 0 aliphatic carbocycles. The van der Waals surface area contributed by atoms with E-state index in [9.17, 15) is 49.1 Å². The third-order valence-corrected chi connectivity index (χ3v) is 10.5. The first-order valence-corrected chi connectivity index (χ1v) is 22.5. The van der Waals surface area contributed by atoms with Crippen molar-refractivity contribution >= 4 is 74.5 Å². The first-order valence-electron chi connectivity index (χ1n) is 19.1. The van der Waals surface area contributed by atoms with Gasteiger partial charge in [-0.05, 0) is 93.9 Å². The zero-order valence-electron chi connectivity index (χ0n) is 35.6. The Morgan fingerprint density at radius 3 is 1.29 bits per heavy atom. The van der Waals surface area contributed by atoms with E-state index in [4.69, 9.17) is 24.6 Å². The van der Waals surface area contributed by atoms with Gasteiger partial charge in [-0.3, -0.25) is 0 Å². The van der Waals surface area contributed by atoms with Crippen molar-refractivity contribution in [3.63, 3.8) is 0 Å². The van der Waals surface area contributed by atoms with Crippen LogP contribution in [-0.4, -0.2) is 81.5 Å². The number of thiazole rings is 3. The SMILES string of the molecule is CC(C)COC(=O)c1csc(-c2ccc(OC(F)(F)F)cc2)n1.CC(C)COC(=O)c1csc(Br)n1.OB(O)c1ccc(OC(F)(F)F)cc1.OCc1csc(-c2ccc(OC(F)(F)F)cc2)n1. The van der Waals surface area contributed by atoms with Crippen molar-refractivity contribution in [3.05, 3.63) is 110 Å². The summed E-state index contributed by atoms with van der Waals surface area (Å²) >= 11 is 7.07. The van der Waals surface area contributed by atoms with Gasteiger partial charge >= 0.3 is 38.1 Å². The summed E-state index contributed by atoms with van der Waals surface area (Å²) in [6, 6.07) is 15.0. The van der Waals surface area contributed by atoms with Crippen LogP contribution in [0.1, 0.15) is 54.4 Å². The minimum atomic E-state index is -4.74. The fourth-order valence-corrected chi connectivity index (χ4v) is 7.02. The van der Waals surface area contributed by atoms with Crippen molar-refractivity contribution in [2.45, 2.75) is 53.4 Å². The van der Waals surface area contributed by atoms with Crippen molar-refractivity contribution in [1.82, 2.24) is 15.0 Å². The lowest BCUT2D eigenvalue weighted by atomic mass is 9.80. The highest BCUT2D eigenvalue weighted by molar-refractivity contribution is 9.11. The Morgan fingerprint density at radius 1 is 0.588 bits per heavy atom. The summed E-state index contributed by atoms with van der Waals surface area (Å²) in [4.78, 5) is 35.2. The number of esters is 2. The number of carbonyl (C=O) groups excluding carboxylic acids is 2. The minimum Gasteiger partial charge on any atom is -0.461 e. The normalized spacial score (nSPS) is 11.3. The van der Waals surface area contributed by atoms with Gasteiger partial charge in [-0.2, -0.15) is 0 Å². The highest BCUT2D eigenvalue weighted by Gasteiger charge is 2.32. The summed E-state index contributed by atoms with van der Waals surface area (Å²) in [7, 11) is -1.70. The molecule has 0 fully saturated rings.